The molecule has 0 spiro atoms. The third-order valence-corrected chi connectivity index (χ3v) is 3.79. The summed E-state index contributed by atoms with van der Waals surface area (Å²) in [5, 5.41) is 2.96. The molecule has 1 N–H and O–H groups in total. The van der Waals surface area contributed by atoms with Gasteiger partial charge in [0.25, 0.3) is 5.91 Å². The summed E-state index contributed by atoms with van der Waals surface area (Å²) >= 11 is 3.40. The SMILES string of the molecule is CCCCCCCNC(=O)c1cc(Br)ccc1OCCOC. The van der Waals surface area contributed by atoms with Crippen molar-refractivity contribution in [3.05, 3.63) is 28.2 Å². The quantitative estimate of drug-likeness (QED) is 0.593. The van der Waals surface area contributed by atoms with Crippen LogP contribution in [-0.4, -0.2) is 32.8 Å². The molecule has 0 radical (unpaired) electrons. The van der Waals surface area contributed by atoms with E-state index in [2.05, 4.69) is 28.2 Å². The number of halogens is 1. The van der Waals surface area contributed by atoms with E-state index < -0.39 is 0 Å². The zero-order chi connectivity index (χ0) is 16.2. The van der Waals surface area contributed by atoms with Crippen molar-refractivity contribution in [1.29, 1.82) is 0 Å². The Balaban J connectivity index is 2.50. The molecular weight excluding hydrogens is 346 g/mol. The first kappa shape index (κ1) is 19.0. The number of rotatable bonds is 11. The lowest BCUT2D eigenvalue weighted by atomic mass is 10.1. The summed E-state index contributed by atoms with van der Waals surface area (Å²) in [7, 11) is 1.62. The van der Waals surface area contributed by atoms with Crippen LogP contribution in [0.2, 0.25) is 0 Å². The largest absolute Gasteiger partial charge is 0.490 e. The van der Waals surface area contributed by atoms with Crippen molar-refractivity contribution in [2.45, 2.75) is 39.0 Å². The van der Waals surface area contributed by atoms with Gasteiger partial charge in [-0.1, -0.05) is 48.5 Å². The first-order valence-electron chi connectivity index (χ1n) is 7.88. The maximum atomic E-state index is 12.3. The zero-order valence-electron chi connectivity index (χ0n) is 13.5. The monoisotopic (exact) mass is 371 g/mol. The van der Waals surface area contributed by atoms with Crippen LogP contribution in [0.3, 0.4) is 0 Å². The molecule has 5 heteroatoms. The Bertz CT molecular complexity index is 452. The van der Waals surface area contributed by atoms with Gasteiger partial charge in [0.15, 0.2) is 0 Å². The van der Waals surface area contributed by atoms with Gasteiger partial charge in [0.1, 0.15) is 12.4 Å². The van der Waals surface area contributed by atoms with E-state index >= 15 is 0 Å². The van der Waals surface area contributed by atoms with Gasteiger partial charge in [0, 0.05) is 18.1 Å². The van der Waals surface area contributed by atoms with Gasteiger partial charge in [-0.2, -0.15) is 0 Å². The molecule has 0 aliphatic carbocycles. The van der Waals surface area contributed by atoms with E-state index in [-0.39, 0.29) is 5.91 Å². The van der Waals surface area contributed by atoms with E-state index in [0.717, 1.165) is 17.3 Å². The van der Waals surface area contributed by atoms with E-state index in [4.69, 9.17) is 9.47 Å². The fourth-order valence-corrected chi connectivity index (χ4v) is 2.43. The van der Waals surface area contributed by atoms with Crippen LogP contribution >= 0.6 is 15.9 Å². The van der Waals surface area contributed by atoms with E-state index in [9.17, 15) is 4.79 Å². The van der Waals surface area contributed by atoms with Gasteiger partial charge < -0.3 is 14.8 Å². The maximum absolute atomic E-state index is 12.3. The summed E-state index contributed by atoms with van der Waals surface area (Å²) in [6, 6.07) is 5.45. The van der Waals surface area contributed by atoms with Crippen LogP contribution in [0.15, 0.2) is 22.7 Å². The predicted molar refractivity (Wildman–Crippen MR) is 92.6 cm³/mol. The van der Waals surface area contributed by atoms with Crippen LogP contribution in [0.25, 0.3) is 0 Å². The first-order valence-corrected chi connectivity index (χ1v) is 8.67. The summed E-state index contributed by atoms with van der Waals surface area (Å²) in [5.41, 5.74) is 0.555. The molecule has 1 aromatic rings. The van der Waals surface area contributed by atoms with Gasteiger partial charge in [-0.3, -0.25) is 4.79 Å². The molecule has 0 heterocycles. The second-order valence-electron chi connectivity index (χ2n) is 5.15. The number of hydrogen-bond donors (Lipinski definition) is 1. The van der Waals surface area contributed by atoms with Crippen molar-refractivity contribution >= 4 is 21.8 Å². The van der Waals surface area contributed by atoms with E-state index in [1.54, 1.807) is 19.2 Å². The second-order valence-corrected chi connectivity index (χ2v) is 6.07. The summed E-state index contributed by atoms with van der Waals surface area (Å²) < 4.78 is 11.4. The molecule has 0 saturated heterocycles. The van der Waals surface area contributed by atoms with Crippen molar-refractivity contribution in [2.75, 3.05) is 26.9 Å². The minimum Gasteiger partial charge on any atom is -0.490 e. The number of amides is 1. The van der Waals surface area contributed by atoms with Crippen molar-refractivity contribution in [3.63, 3.8) is 0 Å². The Morgan fingerprint density at radius 2 is 1.95 bits per heavy atom. The Morgan fingerprint density at radius 1 is 1.18 bits per heavy atom. The number of carbonyl (C=O) groups is 1. The molecule has 0 fully saturated rings. The fraction of sp³-hybridized carbons (Fsp3) is 0.588. The highest BCUT2D eigenvalue weighted by Gasteiger charge is 2.13. The highest BCUT2D eigenvalue weighted by molar-refractivity contribution is 9.10. The molecule has 1 rings (SSSR count). The molecule has 0 atom stereocenters. The van der Waals surface area contributed by atoms with Crippen molar-refractivity contribution < 1.29 is 14.3 Å². The molecular formula is C17H26BrNO3. The van der Waals surface area contributed by atoms with Crippen molar-refractivity contribution in [3.8, 4) is 5.75 Å². The number of benzene rings is 1. The minimum absolute atomic E-state index is 0.0933. The number of nitrogens with one attached hydrogen (secondary N) is 1. The predicted octanol–water partition coefficient (Wildman–Crippen LogP) is 4.17. The van der Waals surface area contributed by atoms with Crippen LogP contribution in [0.5, 0.6) is 5.75 Å². The lowest BCUT2D eigenvalue weighted by Gasteiger charge is -2.12. The molecule has 0 unspecified atom stereocenters. The molecule has 22 heavy (non-hydrogen) atoms. The Hall–Kier alpha value is -1.07. The summed E-state index contributed by atoms with van der Waals surface area (Å²) in [6.07, 6.45) is 5.89. The average Bonchev–Trinajstić information content (AvgIpc) is 2.52. The number of hydrogen-bond acceptors (Lipinski definition) is 3. The van der Waals surface area contributed by atoms with Crippen molar-refractivity contribution in [2.24, 2.45) is 0 Å². The Kier molecular flexibility index (Phi) is 9.91. The highest BCUT2D eigenvalue weighted by atomic mass is 79.9. The zero-order valence-corrected chi connectivity index (χ0v) is 15.1. The van der Waals surface area contributed by atoms with Crippen LogP contribution in [-0.2, 0) is 4.74 Å². The molecule has 0 saturated carbocycles. The standard InChI is InChI=1S/C17H26BrNO3/c1-3-4-5-6-7-10-19-17(20)15-13-14(18)8-9-16(15)22-12-11-21-2/h8-9,13H,3-7,10-12H2,1-2H3,(H,19,20). The number of unbranched alkanes of at least 4 members (excludes halogenated alkanes) is 4. The van der Waals surface area contributed by atoms with E-state index in [1.165, 1.54) is 19.3 Å². The number of ether oxygens (including phenoxy) is 2. The number of carbonyl (C=O) groups excluding carboxylic acids is 1. The normalized spacial score (nSPS) is 10.5. The third-order valence-electron chi connectivity index (χ3n) is 3.30. The highest BCUT2D eigenvalue weighted by Crippen LogP contribution is 2.23. The number of methoxy groups -OCH3 is 1. The smallest absolute Gasteiger partial charge is 0.255 e. The lowest BCUT2D eigenvalue weighted by Crippen LogP contribution is -2.25. The maximum Gasteiger partial charge on any atom is 0.255 e. The molecule has 0 aromatic heterocycles. The molecule has 0 bridgehead atoms. The van der Waals surface area contributed by atoms with Gasteiger partial charge >= 0.3 is 0 Å². The summed E-state index contributed by atoms with van der Waals surface area (Å²) in [5.74, 6) is 0.493. The van der Waals surface area contributed by atoms with Crippen LogP contribution in [0.1, 0.15) is 49.4 Å². The van der Waals surface area contributed by atoms with Gasteiger partial charge in [-0.25, -0.2) is 0 Å². The topological polar surface area (TPSA) is 47.6 Å². The van der Waals surface area contributed by atoms with Gasteiger partial charge in [-0.15, -0.1) is 0 Å². The van der Waals surface area contributed by atoms with Gasteiger partial charge in [-0.05, 0) is 24.6 Å². The fourth-order valence-electron chi connectivity index (χ4n) is 2.07. The molecule has 1 amide bonds. The van der Waals surface area contributed by atoms with Gasteiger partial charge in [0.05, 0.1) is 12.2 Å². The van der Waals surface area contributed by atoms with E-state index in [0.29, 0.717) is 31.1 Å². The van der Waals surface area contributed by atoms with Crippen LogP contribution < -0.4 is 10.1 Å². The average molecular weight is 372 g/mol. The molecule has 1 aromatic carbocycles. The summed E-state index contributed by atoms with van der Waals surface area (Å²) in [6.45, 7) is 3.82. The van der Waals surface area contributed by atoms with Crippen molar-refractivity contribution in [1.82, 2.24) is 5.32 Å². The summed E-state index contributed by atoms with van der Waals surface area (Å²) in [4.78, 5) is 12.3. The lowest BCUT2D eigenvalue weighted by molar-refractivity contribution is 0.0945. The van der Waals surface area contributed by atoms with Gasteiger partial charge in [0.2, 0.25) is 0 Å². The molecule has 124 valence electrons. The molecule has 0 aliphatic rings. The molecule has 4 nitrogen and oxygen atoms in total. The third kappa shape index (κ3) is 7.27. The second kappa shape index (κ2) is 11.5. The Morgan fingerprint density at radius 3 is 2.68 bits per heavy atom. The van der Waals surface area contributed by atoms with Crippen LogP contribution in [0, 0.1) is 0 Å². The first-order chi connectivity index (χ1) is 10.7. The minimum atomic E-state index is -0.0933. The van der Waals surface area contributed by atoms with Crippen LogP contribution in [0.4, 0.5) is 0 Å². The molecule has 0 aliphatic heterocycles. The van der Waals surface area contributed by atoms with E-state index in [1.807, 2.05) is 6.07 Å². The Labute approximate surface area is 141 Å².